The summed E-state index contributed by atoms with van der Waals surface area (Å²) in [4.78, 5) is 14.3. The number of amides is 1. The summed E-state index contributed by atoms with van der Waals surface area (Å²) in [7, 11) is 0. The lowest BCUT2D eigenvalue weighted by Crippen LogP contribution is -2.55. The summed E-state index contributed by atoms with van der Waals surface area (Å²) in [5, 5.41) is 11.5. The van der Waals surface area contributed by atoms with E-state index in [1.165, 1.54) is 0 Å². The topological polar surface area (TPSA) is 72.3 Å². The van der Waals surface area contributed by atoms with E-state index in [9.17, 15) is 4.79 Å². The summed E-state index contributed by atoms with van der Waals surface area (Å²) < 4.78 is 7.30. The fraction of sp³-hybridized carbons (Fsp3) is 0.786. The van der Waals surface area contributed by atoms with Gasteiger partial charge in [-0.2, -0.15) is 0 Å². The Kier molecular flexibility index (Phi) is 4.21. The van der Waals surface area contributed by atoms with E-state index in [1.807, 2.05) is 4.90 Å². The lowest BCUT2D eigenvalue weighted by Gasteiger charge is -2.35. The molecule has 1 amide bonds. The smallest absolute Gasteiger partial charge is 0.276 e. The predicted octanol–water partition coefficient (Wildman–Crippen LogP) is 0.280. The van der Waals surface area contributed by atoms with Gasteiger partial charge in [0.2, 0.25) is 0 Å². The number of aromatic nitrogens is 3. The Hall–Kier alpha value is -1.47. The van der Waals surface area contributed by atoms with Crippen LogP contribution in [0.4, 0.5) is 0 Å². The molecule has 0 spiro atoms. The van der Waals surface area contributed by atoms with Crippen LogP contribution in [0.25, 0.3) is 0 Å². The zero-order valence-corrected chi connectivity index (χ0v) is 12.7. The molecule has 7 nitrogen and oxygen atoms in total. The third kappa shape index (κ3) is 3.41. The Morgan fingerprint density at radius 1 is 1.43 bits per heavy atom. The SMILES string of the molecule is CC1CN(C(=O)c2cn(CC3CCCO3)nn2)CC(C)N1. The van der Waals surface area contributed by atoms with Gasteiger partial charge in [-0.3, -0.25) is 4.79 Å². The van der Waals surface area contributed by atoms with Crippen molar-refractivity contribution in [1.29, 1.82) is 0 Å². The number of hydrogen-bond acceptors (Lipinski definition) is 5. The number of nitrogens with one attached hydrogen (secondary N) is 1. The molecule has 3 unspecified atom stereocenters. The molecular weight excluding hydrogens is 270 g/mol. The summed E-state index contributed by atoms with van der Waals surface area (Å²) >= 11 is 0. The van der Waals surface area contributed by atoms with Crippen molar-refractivity contribution in [2.75, 3.05) is 19.7 Å². The molecule has 0 saturated carbocycles. The van der Waals surface area contributed by atoms with Crippen LogP contribution >= 0.6 is 0 Å². The molecule has 1 aromatic rings. The third-order valence-corrected chi connectivity index (χ3v) is 4.02. The molecule has 116 valence electrons. The highest BCUT2D eigenvalue weighted by Crippen LogP contribution is 2.14. The lowest BCUT2D eigenvalue weighted by atomic mass is 10.1. The molecule has 1 aromatic heterocycles. The second-order valence-corrected chi connectivity index (χ2v) is 6.14. The van der Waals surface area contributed by atoms with E-state index in [1.54, 1.807) is 10.9 Å². The Bertz CT molecular complexity index is 487. The number of carbonyl (C=O) groups is 1. The first-order valence-corrected chi connectivity index (χ1v) is 7.69. The Balaban J connectivity index is 1.63. The number of hydrogen-bond donors (Lipinski definition) is 1. The van der Waals surface area contributed by atoms with Crippen molar-refractivity contribution in [3.05, 3.63) is 11.9 Å². The van der Waals surface area contributed by atoms with E-state index in [0.29, 0.717) is 37.4 Å². The summed E-state index contributed by atoms with van der Waals surface area (Å²) in [6.45, 7) is 7.09. The van der Waals surface area contributed by atoms with E-state index in [4.69, 9.17) is 4.74 Å². The molecule has 2 aliphatic heterocycles. The van der Waals surface area contributed by atoms with Gasteiger partial charge in [-0.15, -0.1) is 5.10 Å². The summed E-state index contributed by atoms with van der Waals surface area (Å²) in [5.74, 6) is -0.0335. The van der Waals surface area contributed by atoms with Crippen molar-refractivity contribution in [3.8, 4) is 0 Å². The van der Waals surface area contributed by atoms with E-state index in [-0.39, 0.29) is 12.0 Å². The van der Waals surface area contributed by atoms with Crippen molar-refractivity contribution < 1.29 is 9.53 Å². The summed E-state index contributed by atoms with van der Waals surface area (Å²) in [6.07, 6.45) is 4.09. The minimum Gasteiger partial charge on any atom is -0.376 e. The van der Waals surface area contributed by atoms with Crippen molar-refractivity contribution >= 4 is 5.91 Å². The van der Waals surface area contributed by atoms with Gasteiger partial charge in [0, 0.05) is 31.8 Å². The molecule has 3 heterocycles. The number of ether oxygens (including phenoxy) is 1. The average molecular weight is 293 g/mol. The van der Waals surface area contributed by atoms with Crippen molar-refractivity contribution in [2.24, 2.45) is 0 Å². The number of carbonyl (C=O) groups excluding carboxylic acids is 1. The van der Waals surface area contributed by atoms with Crippen molar-refractivity contribution in [2.45, 2.75) is 51.4 Å². The highest BCUT2D eigenvalue weighted by atomic mass is 16.5. The van der Waals surface area contributed by atoms with Gasteiger partial charge in [-0.1, -0.05) is 5.21 Å². The molecule has 2 saturated heterocycles. The molecule has 0 radical (unpaired) electrons. The molecule has 2 fully saturated rings. The Morgan fingerprint density at radius 2 is 2.19 bits per heavy atom. The van der Waals surface area contributed by atoms with E-state index >= 15 is 0 Å². The average Bonchev–Trinajstić information content (AvgIpc) is 3.09. The van der Waals surface area contributed by atoms with Crippen LogP contribution < -0.4 is 5.32 Å². The van der Waals surface area contributed by atoms with Gasteiger partial charge in [-0.25, -0.2) is 4.68 Å². The van der Waals surface area contributed by atoms with E-state index in [0.717, 1.165) is 19.4 Å². The minimum absolute atomic E-state index is 0.0335. The Morgan fingerprint density at radius 3 is 2.86 bits per heavy atom. The minimum atomic E-state index is -0.0335. The van der Waals surface area contributed by atoms with Crippen LogP contribution in [0.3, 0.4) is 0 Å². The molecule has 3 atom stereocenters. The van der Waals surface area contributed by atoms with Crippen molar-refractivity contribution in [1.82, 2.24) is 25.2 Å². The fourth-order valence-electron chi connectivity index (χ4n) is 3.14. The zero-order valence-electron chi connectivity index (χ0n) is 12.7. The monoisotopic (exact) mass is 293 g/mol. The van der Waals surface area contributed by atoms with E-state index < -0.39 is 0 Å². The summed E-state index contributed by atoms with van der Waals surface area (Å²) in [5.41, 5.74) is 0.425. The van der Waals surface area contributed by atoms with Gasteiger partial charge in [0.25, 0.3) is 5.91 Å². The first kappa shape index (κ1) is 14.5. The largest absolute Gasteiger partial charge is 0.376 e. The molecule has 2 aliphatic rings. The van der Waals surface area contributed by atoms with Crippen LogP contribution in [-0.4, -0.2) is 63.7 Å². The molecule has 0 aliphatic carbocycles. The van der Waals surface area contributed by atoms with Gasteiger partial charge < -0.3 is 15.0 Å². The standard InChI is InChI=1S/C14H23N5O2/c1-10-6-18(7-11(2)15-10)14(20)13-9-19(17-16-13)8-12-4-3-5-21-12/h9-12,15H,3-8H2,1-2H3. The Labute approximate surface area is 124 Å². The molecule has 21 heavy (non-hydrogen) atoms. The van der Waals surface area contributed by atoms with Crippen LogP contribution in [0.2, 0.25) is 0 Å². The van der Waals surface area contributed by atoms with Crippen LogP contribution in [0.5, 0.6) is 0 Å². The first-order chi connectivity index (χ1) is 10.1. The van der Waals surface area contributed by atoms with Gasteiger partial charge in [-0.05, 0) is 26.7 Å². The second-order valence-electron chi connectivity index (χ2n) is 6.14. The van der Waals surface area contributed by atoms with Crippen LogP contribution in [0.15, 0.2) is 6.20 Å². The number of rotatable bonds is 3. The maximum atomic E-state index is 12.5. The van der Waals surface area contributed by atoms with Gasteiger partial charge >= 0.3 is 0 Å². The van der Waals surface area contributed by atoms with Gasteiger partial charge in [0.15, 0.2) is 5.69 Å². The predicted molar refractivity (Wildman–Crippen MR) is 77.0 cm³/mol. The molecule has 3 rings (SSSR count). The molecular formula is C14H23N5O2. The molecule has 1 N–H and O–H groups in total. The van der Waals surface area contributed by atoms with Crippen LogP contribution in [0.1, 0.15) is 37.2 Å². The fourth-order valence-corrected chi connectivity index (χ4v) is 3.14. The van der Waals surface area contributed by atoms with Crippen molar-refractivity contribution in [3.63, 3.8) is 0 Å². The van der Waals surface area contributed by atoms with Crippen LogP contribution in [-0.2, 0) is 11.3 Å². The van der Waals surface area contributed by atoms with Gasteiger partial charge in [0.05, 0.1) is 18.8 Å². The van der Waals surface area contributed by atoms with Crippen LogP contribution in [0, 0.1) is 0 Å². The highest BCUT2D eigenvalue weighted by molar-refractivity contribution is 5.92. The quantitative estimate of drug-likeness (QED) is 0.866. The molecule has 0 aromatic carbocycles. The van der Waals surface area contributed by atoms with Gasteiger partial charge in [0.1, 0.15) is 0 Å². The maximum Gasteiger partial charge on any atom is 0.276 e. The number of piperazine rings is 1. The zero-order chi connectivity index (χ0) is 14.8. The highest BCUT2D eigenvalue weighted by Gasteiger charge is 2.27. The lowest BCUT2D eigenvalue weighted by molar-refractivity contribution is 0.0667. The molecule has 7 heteroatoms. The third-order valence-electron chi connectivity index (χ3n) is 4.02. The summed E-state index contributed by atoms with van der Waals surface area (Å²) in [6, 6.07) is 0.610. The van der Waals surface area contributed by atoms with E-state index in [2.05, 4.69) is 29.5 Å². The normalized spacial score (nSPS) is 29.8. The maximum absolute atomic E-state index is 12.5. The molecule has 0 bridgehead atoms. The number of nitrogens with zero attached hydrogens (tertiary/aromatic N) is 4. The second kappa shape index (κ2) is 6.11. The first-order valence-electron chi connectivity index (χ1n) is 7.69.